The molecule has 3 aliphatic rings. The van der Waals surface area contributed by atoms with Crippen molar-refractivity contribution in [2.24, 2.45) is 17.3 Å². The Morgan fingerprint density at radius 2 is 1.82 bits per heavy atom. The Bertz CT molecular complexity index is 679. The van der Waals surface area contributed by atoms with Crippen molar-refractivity contribution in [3.8, 4) is 0 Å². The molecule has 1 unspecified atom stereocenters. The lowest BCUT2D eigenvalue weighted by Gasteiger charge is -2.45. The summed E-state index contributed by atoms with van der Waals surface area (Å²) in [5.74, 6) is 1.29. The van der Waals surface area contributed by atoms with Crippen LogP contribution in [0, 0.1) is 17.3 Å². The summed E-state index contributed by atoms with van der Waals surface area (Å²) in [6.07, 6.45) is 10.8. The fourth-order valence-corrected chi connectivity index (χ4v) is 6.01. The quantitative estimate of drug-likeness (QED) is 0.743. The van der Waals surface area contributed by atoms with Gasteiger partial charge < -0.3 is 9.80 Å². The van der Waals surface area contributed by atoms with Crippen molar-refractivity contribution >= 4 is 5.91 Å². The van der Waals surface area contributed by atoms with E-state index in [1.807, 2.05) is 13.8 Å². The molecule has 1 saturated heterocycles. The van der Waals surface area contributed by atoms with Gasteiger partial charge in [-0.2, -0.15) is 0 Å². The van der Waals surface area contributed by atoms with Gasteiger partial charge in [-0.15, -0.1) is 0 Å². The molecule has 1 spiro atoms. The molecule has 0 aromatic heterocycles. The number of carbonyl (C=O) groups is 1. The van der Waals surface area contributed by atoms with Gasteiger partial charge in [-0.1, -0.05) is 57.4 Å². The molecule has 1 amide bonds. The smallest absolute Gasteiger partial charge is 0.225 e. The molecular weight excluding hydrogens is 344 g/mol. The van der Waals surface area contributed by atoms with Crippen molar-refractivity contribution in [2.45, 2.75) is 71.8 Å². The molecule has 1 saturated carbocycles. The fraction of sp³-hybridized carbons (Fsp3) is 0.720. The molecule has 0 N–H and O–H groups in total. The van der Waals surface area contributed by atoms with Crippen LogP contribution >= 0.6 is 0 Å². The number of likely N-dealkylation sites (tertiary alicyclic amines) is 1. The van der Waals surface area contributed by atoms with Gasteiger partial charge >= 0.3 is 0 Å². The topological polar surface area (TPSA) is 23.6 Å². The molecule has 4 rings (SSSR count). The van der Waals surface area contributed by atoms with Crippen molar-refractivity contribution in [1.29, 1.82) is 0 Å². The zero-order chi connectivity index (χ0) is 19.6. The number of carbonyl (C=O) groups excluding carboxylic acids is 1. The Labute approximate surface area is 171 Å². The number of benzene rings is 1. The number of nitrogens with zero attached hydrogens (tertiary/aromatic N) is 2. The van der Waals surface area contributed by atoms with Gasteiger partial charge in [-0.3, -0.25) is 4.79 Å². The van der Waals surface area contributed by atoms with Gasteiger partial charge in [0.25, 0.3) is 0 Å². The Kier molecular flexibility index (Phi) is 6.10. The summed E-state index contributed by atoms with van der Waals surface area (Å²) in [6, 6.07) is 8.85. The molecule has 28 heavy (non-hydrogen) atoms. The van der Waals surface area contributed by atoms with E-state index in [0.29, 0.717) is 5.91 Å². The normalized spacial score (nSPS) is 27.0. The highest BCUT2D eigenvalue weighted by Crippen LogP contribution is 2.39. The van der Waals surface area contributed by atoms with E-state index in [-0.39, 0.29) is 11.3 Å². The van der Waals surface area contributed by atoms with Gasteiger partial charge in [-0.05, 0) is 55.7 Å². The molecule has 2 fully saturated rings. The van der Waals surface area contributed by atoms with Crippen molar-refractivity contribution in [2.75, 3.05) is 26.2 Å². The number of rotatable bonds is 3. The van der Waals surface area contributed by atoms with Crippen LogP contribution in [0.15, 0.2) is 24.3 Å². The molecule has 3 heteroatoms. The van der Waals surface area contributed by atoms with Crippen LogP contribution in [0.25, 0.3) is 0 Å². The highest BCUT2D eigenvalue weighted by Gasteiger charge is 2.41. The minimum absolute atomic E-state index is 0.0734. The molecule has 0 radical (unpaired) electrons. The first-order chi connectivity index (χ1) is 13.5. The van der Waals surface area contributed by atoms with Crippen LogP contribution in [-0.2, 0) is 17.8 Å². The lowest BCUT2D eigenvalue weighted by Crippen LogP contribution is -2.51. The number of hydrogen-bond donors (Lipinski definition) is 0. The zero-order valence-corrected chi connectivity index (χ0v) is 18.0. The zero-order valence-electron chi connectivity index (χ0n) is 18.0. The highest BCUT2D eigenvalue weighted by molar-refractivity contribution is 5.78. The van der Waals surface area contributed by atoms with E-state index < -0.39 is 0 Å². The van der Waals surface area contributed by atoms with Gasteiger partial charge in [0.15, 0.2) is 0 Å². The molecule has 0 bridgehead atoms. The molecule has 1 aromatic carbocycles. The second kappa shape index (κ2) is 8.57. The fourth-order valence-electron chi connectivity index (χ4n) is 6.01. The standard InChI is InChI=1S/C25H38N2O/c1-20(2)24(28)27-17-23-12-7-6-11-22(23)15-25(19-27)13-8-14-26(18-25)16-21-9-4-3-5-10-21/h6-7,11-12,20-21H,3-5,8-10,13-19H2,1-2H3. The molecule has 1 atom stereocenters. The van der Waals surface area contributed by atoms with E-state index in [1.165, 1.54) is 75.7 Å². The van der Waals surface area contributed by atoms with Gasteiger partial charge in [0, 0.05) is 37.5 Å². The van der Waals surface area contributed by atoms with Gasteiger partial charge in [0.1, 0.15) is 0 Å². The second-order valence-electron chi connectivity index (χ2n) is 10.1. The Balaban J connectivity index is 1.55. The summed E-state index contributed by atoms with van der Waals surface area (Å²) in [5.41, 5.74) is 3.06. The number of fused-ring (bicyclic) bond motifs is 1. The minimum atomic E-state index is 0.0734. The third-order valence-corrected chi connectivity index (χ3v) is 7.36. The predicted molar refractivity (Wildman–Crippen MR) is 115 cm³/mol. The summed E-state index contributed by atoms with van der Waals surface area (Å²) in [6.45, 7) is 9.50. The largest absolute Gasteiger partial charge is 0.338 e. The van der Waals surface area contributed by atoms with Crippen LogP contribution in [-0.4, -0.2) is 41.9 Å². The SMILES string of the molecule is CC(C)C(=O)N1Cc2ccccc2CC2(CCCN(CC3CCCCC3)C2)C1. The third-order valence-electron chi connectivity index (χ3n) is 7.36. The number of hydrogen-bond acceptors (Lipinski definition) is 2. The van der Waals surface area contributed by atoms with Crippen molar-refractivity contribution in [1.82, 2.24) is 9.80 Å². The summed E-state index contributed by atoms with van der Waals surface area (Å²) in [5, 5.41) is 0. The highest BCUT2D eigenvalue weighted by atomic mass is 16.2. The summed E-state index contributed by atoms with van der Waals surface area (Å²) in [7, 11) is 0. The summed E-state index contributed by atoms with van der Waals surface area (Å²) < 4.78 is 0. The third kappa shape index (κ3) is 4.45. The van der Waals surface area contributed by atoms with Crippen LogP contribution in [0.4, 0.5) is 0 Å². The van der Waals surface area contributed by atoms with Crippen molar-refractivity contribution in [3.63, 3.8) is 0 Å². The summed E-state index contributed by atoms with van der Waals surface area (Å²) >= 11 is 0. The van der Waals surface area contributed by atoms with E-state index in [4.69, 9.17) is 0 Å². The van der Waals surface area contributed by atoms with Gasteiger partial charge in [-0.25, -0.2) is 0 Å². The van der Waals surface area contributed by atoms with Gasteiger partial charge in [0.2, 0.25) is 5.91 Å². The minimum Gasteiger partial charge on any atom is -0.338 e. The Morgan fingerprint density at radius 1 is 1.07 bits per heavy atom. The molecule has 1 aliphatic carbocycles. The molecule has 154 valence electrons. The number of amides is 1. The first-order valence-corrected chi connectivity index (χ1v) is 11.6. The predicted octanol–water partition coefficient (Wildman–Crippen LogP) is 4.89. The lowest BCUT2D eigenvalue weighted by molar-refractivity contribution is -0.137. The second-order valence-corrected chi connectivity index (χ2v) is 10.1. The van der Waals surface area contributed by atoms with Crippen LogP contribution < -0.4 is 0 Å². The molecule has 1 aromatic rings. The molecule has 2 heterocycles. The first kappa shape index (κ1) is 19.9. The van der Waals surface area contributed by atoms with E-state index in [1.54, 1.807) is 0 Å². The monoisotopic (exact) mass is 382 g/mol. The summed E-state index contributed by atoms with van der Waals surface area (Å²) in [4.78, 5) is 17.9. The van der Waals surface area contributed by atoms with Crippen LogP contribution in [0.1, 0.15) is 69.9 Å². The van der Waals surface area contributed by atoms with Gasteiger partial charge in [0.05, 0.1) is 0 Å². The number of piperidine rings is 1. The maximum absolute atomic E-state index is 13.0. The van der Waals surface area contributed by atoms with E-state index in [9.17, 15) is 4.79 Å². The van der Waals surface area contributed by atoms with E-state index in [0.717, 1.165) is 25.4 Å². The maximum Gasteiger partial charge on any atom is 0.225 e. The van der Waals surface area contributed by atoms with Crippen LogP contribution in [0.5, 0.6) is 0 Å². The average molecular weight is 383 g/mol. The van der Waals surface area contributed by atoms with Crippen molar-refractivity contribution in [3.05, 3.63) is 35.4 Å². The Hall–Kier alpha value is -1.35. The van der Waals surface area contributed by atoms with E-state index in [2.05, 4.69) is 34.1 Å². The van der Waals surface area contributed by atoms with Crippen molar-refractivity contribution < 1.29 is 4.79 Å². The van der Waals surface area contributed by atoms with Crippen LogP contribution in [0.3, 0.4) is 0 Å². The maximum atomic E-state index is 13.0. The molecular formula is C25H38N2O. The lowest BCUT2D eigenvalue weighted by atomic mass is 9.74. The van der Waals surface area contributed by atoms with Crippen LogP contribution in [0.2, 0.25) is 0 Å². The van der Waals surface area contributed by atoms with E-state index >= 15 is 0 Å². The molecule has 3 nitrogen and oxygen atoms in total. The first-order valence-electron chi connectivity index (χ1n) is 11.6. The Morgan fingerprint density at radius 3 is 2.57 bits per heavy atom. The average Bonchev–Trinajstić information content (AvgIpc) is 2.84. The molecule has 2 aliphatic heterocycles.